The number of para-hydroxylation sites is 1. The molecule has 0 aliphatic heterocycles. The second-order valence-corrected chi connectivity index (χ2v) is 3.54. The molecule has 0 radical (unpaired) electrons. The summed E-state index contributed by atoms with van der Waals surface area (Å²) in [6, 6.07) is 5.30. The second-order valence-electron chi connectivity index (χ2n) is 3.13. The van der Waals surface area contributed by atoms with Crippen LogP contribution in [0.5, 0.6) is 5.75 Å². The molecule has 0 amide bonds. The average molecular weight is 211 g/mol. The number of hydrogen-bond donors (Lipinski definition) is 2. The first kappa shape index (κ1) is 9.37. The van der Waals surface area contributed by atoms with Gasteiger partial charge in [-0.3, -0.25) is 0 Å². The van der Waals surface area contributed by atoms with E-state index in [9.17, 15) is 5.11 Å². The Morgan fingerprint density at radius 2 is 2.21 bits per heavy atom. The van der Waals surface area contributed by atoms with Crippen LogP contribution in [0.4, 0.5) is 0 Å². The smallest absolute Gasteiger partial charge is 0.139 e. The Labute approximate surface area is 86.7 Å². The molecule has 0 fully saturated rings. The molecule has 3 nitrogen and oxygen atoms in total. The normalized spacial score (nSPS) is 11.0. The van der Waals surface area contributed by atoms with E-state index in [1.54, 1.807) is 18.3 Å². The zero-order valence-electron chi connectivity index (χ0n) is 7.57. The molecule has 3 N–H and O–H groups in total. The fraction of sp³-hybridized carbons (Fsp3) is 0.200. The molecular weight excluding hydrogens is 200 g/mol. The minimum absolute atomic E-state index is 0.239. The van der Waals surface area contributed by atoms with Gasteiger partial charge in [0.15, 0.2) is 0 Å². The van der Waals surface area contributed by atoms with Crippen LogP contribution in [0.2, 0.25) is 5.02 Å². The third kappa shape index (κ3) is 1.35. The lowest BCUT2D eigenvalue weighted by atomic mass is 10.2. The van der Waals surface area contributed by atoms with Crippen molar-refractivity contribution in [3.8, 4) is 5.75 Å². The largest absolute Gasteiger partial charge is 0.506 e. The molecule has 0 bridgehead atoms. The molecular formula is C10H11ClN2O. The predicted molar refractivity (Wildman–Crippen MR) is 57.7 cm³/mol. The van der Waals surface area contributed by atoms with Gasteiger partial charge >= 0.3 is 0 Å². The first-order valence-electron chi connectivity index (χ1n) is 4.40. The summed E-state index contributed by atoms with van der Waals surface area (Å²) in [4.78, 5) is 0. The number of rotatable bonds is 2. The molecule has 1 aromatic carbocycles. The lowest BCUT2D eigenvalue weighted by Crippen LogP contribution is -2.08. The number of halogens is 1. The van der Waals surface area contributed by atoms with Crippen molar-refractivity contribution >= 4 is 22.5 Å². The quantitative estimate of drug-likeness (QED) is 0.796. The maximum Gasteiger partial charge on any atom is 0.139 e. The lowest BCUT2D eigenvalue weighted by molar-refractivity contribution is 0.477. The van der Waals surface area contributed by atoms with Crippen LogP contribution in [0.25, 0.3) is 10.9 Å². The Balaban J connectivity index is 2.72. The summed E-state index contributed by atoms with van der Waals surface area (Å²) in [7, 11) is 0. The Kier molecular flexibility index (Phi) is 2.35. The van der Waals surface area contributed by atoms with Gasteiger partial charge in [-0.25, -0.2) is 0 Å². The van der Waals surface area contributed by atoms with Crippen molar-refractivity contribution < 1.29 is 5.11 Å². The maximum atomic E-state index is 9.67. The molecule has 1 heterocycles. The van der Waals surface area contributed by atoms with Gasteiger partial charge in [-0.15, -0.1) is 0 Å². The van der Waals surface area contributed by atoms with Crippen molar-refractivity contribution in [3.05, 3.63) is 29.4 Å². The number of nitrogens with two attached hydrogens (primary N) is 1. The van der Waals surface area contributed by atoms with E-state index in [-0.39, 0.29) is 5.75 Å². The van der Waals surface area contributed by atoms with E-state index in [1.807, 2.05) is 10.6 Å². The molecule has 1 aromatic heterocycles. The summed E-state index contributed by atoms with van der Waals surface area (Å²) in [6.07, 6.45) is 1.79. The van der Waals surface area contributed by atoms with Crippen LogP contribution in [-0.4, -0.2) is 16.2 Å². The van der Waals surface area contributed by atoms with E-state index in [4.69, 9.17) is 17.3 Å². The lowest BCUT2D eigenvalue weighted by Gasteiger charge is -2.03. The van der Waals surface area contributed by atoms with Gasteiger partial charge in [-0.1, -0.05) is 23.7 Å². The van der Waals surface area contributed by atoms with Crippen LogP contribution in [0, 0.1) is 0 Å². The van der Waals surface area contributed by atoms with Gasteiger partial charge < -0.3 is 15.4 Å². The Morgan fingerprint density at radius 1 is 1.43 bits per heavy atom. The van der Waals surface area contributed by atoms with Crippen molar-refractivity contribution in [1.82, 2.24) is 4.57 Å². The Bertz CT molecular complexity index is 464. The summed E-state index contributed by atoms with van der Waals surface area (Å²) in [5, 5.41) is 11.2. The SMILES string of the molecule is NCCn1cc(Cl)c2cccc(O)c21. The standard InChI is InChI=1S/C10H11ClN2O/c11-8-6-13(5-4-12)10-7(8)2-1-3-9(10)14/h1-3,6,14H,4-5,12H2. The molecule has 74 valence electrons. The van der Waals surface area contributed by atoms with Crippen LogP contribution in [0.3, 0.4) is 0 Å². The molecule has 0 unspecified atom stereocenters. The molecule has 0 saturated carbocycles. The summed E-state index contributed by atoms with van der Waals surface area (Å²) in [5.74, 6) is 0.239. The number of hydrogen-bond acceptors (Lipinski definition) is 2. The van der Waals surface area contributed by atoms with Gasteiger partial charge in [-0.2, -0.15) is 0 Å². The van der Waals surface area contributed by atoms with Crippen molar-refractivity contribution in [2.75, 3.05) is 6.54 Å². The molecule has 0 aliphatic rings. The summed E-state index contributed by atoms with van der Waals surface area (Å²) >= 11 is 6.01. The van der Waals surface area contributed by atoms with Gasteiger partial charge in [0, 0.05) is 24.7 Å². The Hall–Kier alpha value is -1.19. The molecule has 14 heavy (non-hydrogen) atoms. The molecule has 0 atom stereocenters. The minimum atomic E-state index is 0.239. The number of benzene rings is 1. The van der Waals surface area contributed by atoms with E-state index in [1.165, 1.54) is 0 Å². The zero-order valence-corrected chi connectivity index (χ0v) is 8.33. The number of phenols is 1. The average Bonchev–Trinajstić information content (AvgIpc) is 2.46. The first-order chi connectivity index (χ1) is 6.74. The zero-order chi connectivity index (χ0) is 10.1. The molecule has 0 spiro atoms. The van der Waals surface area contributed by atoms with E-state index < -0.39 is 0 Å². The number of fused-ring (bicyclic) bond motifs is 1. The summed E-state index contributed by atoms with van der Waals surface area (Å²) in [5.41, 5.74) is 6.22. The van der Waals surface area contributed by atoms with Gasteiger partial charge in [0.1, 0.15) is 5.75 Å². The van der Waals surface area contributed by atoms with Crippen LogP contribution in [-0.2, 0) is 6.54 Å². The fourth-order valence-corrected chi connectivity index (χ4v) is 1.88. The first-order valence-corrected chi connectivity index (χ1v) is 4.78. The third-order valence-electron chi connectivity index (χ3n) is 2.20. The summed E-state index contributed by atoms with van der Waals surface area (Å²) < 4.78 is 1.87. The number of phenolic OH excluding ortho intramolecular Hbond substituents is 1. The predicted octanol–water partition coefficient (Wildman–Crippen LogP) is 1.96. The van der Waals surface area contributed by atoms with Crippen molar-refractivity contribution in [2.45, 2.75) is 6.54 Å². The molecule has 0 aliphatic carbocycles. The highest BCUT2D eigenvalue weighted by molar-refractivity contribution is 6.35. The topological polar surface area (TPSA) is 51.2 Å². The van der Waals surface area contributed by atoms with Gasteiger partial charge in [0.2, 0.25) is 0 Å². The molecule has 0 saturated heterocycles. The highest BCUT2D eigenvalue weighted by atomic mass is 35.5. The van der Waals surface area contributed by atoms with E-state index in [0.29, 0.717) is 18.1 Å². The van der Waals surface area contributed by atoms with Crippen molar-refractivity contribution in [1.29, 1.82) is 0 Å². The van der Waals surface area contributed by atoms with Crippen LogP contribution < -0.4 is 5.73 Å². The number of aromatic hydroxyl groups is 1. The summed E-state index contributed by atoms with van der Waals surface area (Å²) in [6.45, 7) is 1.18. The van der Waals surface area contributed by atoms with E-state index >= 15 is 0 Å². The van der Waals surface area contributed by atoms with Crippen molar-refractivity contribution in [3.63, 3.8) is 0 Å². The number of nitrogens with zero attached hydrogens (tertiary/aromatic N) is 1. The van der Waals surface area contributed by atoms with Gasteiger partial charge in [-0.05, 0) is 6.07 Å². The van der Waals surface area contributed by atoms with Crippen LogP contribution >= 0.6 is 11.6 Å². The van der Waals surface area contributed by atoms with E-state index in [2.05, 4.69) is 0 Å². The second kappa shape index (κ2) is 3.52. The van der Waals surface area contributed by atoms with Gasteiger partial charge in [0.25, 0.3) is 0 Å². The highest BCUT2D eigenvalue weighted by Gasteiger charge is 2.09. The van der Waals surface area contributed by atoms with Crippen LogP contribution in [0.1, 0.15) is 0 Å². The molecule has 2 aromatic rings. The van der Waals surface area contributed by atoms with E-state index in [0.717, 1.165) is 10.9 Å². The fourth-order valence-electron chi connectivity index (χ4n) is 1.61. The third-order valence-corrected chi connectivity index (χ3v) is 2.50. The minimum Gasteiger partial charge on any atom is -0.506 e. The Morgan fingerprint density at radius 3 is 2.93 bits per heavy atom. The van der Waals surface area contributed by atoms with Crippen LogP contribution in [0.15, 0.2) is 24.4 Å². The molecule has 4 heteroatoms. The van der Waals surface area contributed by atoms with Gasteiger partial charge in [0.05, 0.1) is 10.5 Å². The maximum absolute atomic E-state index is 9.67. The highest BCUT2D eigenvalue weighted by Crippen LogP contribution is 2.31. The monoisotopic (exact) mass is 210 g/mol. The molecule has 2 rings (SSSR count). The van der Waals surface area contributed by atoms with Crippen molar-refractivity contribution in [2.24, 2.45) is 5.73 Å². The number of aromatic nitrogens is 1.